The first-order valence-corrected chi connectivity index (χ1v) is 15.0. The molecule has 0 N–H and O–H groups in total. The summed E-state index contributed by atoms with van der Waals surface area (Å²) in [7, 11) is 0. The fraction of sp³-hybridized carbons (Fsp3) is 0.162. The Bertz CT molecular complexity index is 1790. The van der Waals surface area contributed by atoms with Crippen molar-refractivity contribution in [3.63, 3.8) is 0 Å². The van der Waals surface area contributed by atoms with Gasteiger partial charge in [0.25, 0.3) is 0 Å². The summed E-state index contributed by atoms with van der Waals surface area (Å²) in [5.41, 5.74) is 10.6. The number of hydrogen-bond acceptors (Lipinski definition) is 3. The van der Waals surface area contributed by atoms with Crippen LogP contribution in [0.3, 0.4) is 0 Å². The van der Waals surface area contributed by atoms with Crippen LogP contribution < -0.4 is 4.90 Å². The molecule has 2 nitrogen and oxygen atoms in total. The topological polar surface area (TPSA) is 27.0 Å². The molecule has 2 heterocycles. The second-order valence-electron chi connectivity index (χ2n) is 11.0. The van der Waals surface area contributed by atoms with Gasteiger partial charge in [-0.25, -0.2) is 0 Å². The van der Waals surface area contributed by atoms with Crippen LogP contribution in [0.4, 0.5) is 11.4 Å². The summed E-state index contributed by atoms with van der Waals surface area (Å²) in [6.07, 6.45) is 15.9. The first-order chi connectivity index (χ1) is 19.8. The molecular formula is C37H28N2S. The molecule has 4 atom stereocenters. The van der Waals surface area contributed by atoms with Crippen LogP contribution in [0.5, 0.6) is 0 Å². The number of para-hydroxylation sites is 2. The summed E-state index contributed by atoms with van der Waals surface area (Å²) in [6, 6.07) is 33.4. The van der Waals surface area contributed by atoms with E-state index in [-0.39, 0.29) is 0 Å². The molecule has 40 heavy (non-hydrogen) atoms. The van der Waals surface area contributed by atoms with Crippen molar-refractivity contribution in [1.82, 2.24) is 0 Å². The molecule has 0 saturated carbocycles. The fourth-order valence-corrected chi connectivity index (χ4v) is 8.68. The summed E-state index contributed by atoms with van der Waals surface area (Å²) < 4.78 is 0. The number of nitrogens with zero attached hydrogens (tertiary/aromatic N) is 2. The molecule has 2 aliphatic heterocycles. The smallest absolute Gasteiger partial charge is 0.101 e. The highest BCUT2D eigenvalue weighted by Crippen LogP contribution is 2.55. The van der Waals surface area contributed by atoms with Crippen LogP contribution in [0.1, 0.15) is 41.4 Å². The van der Waals surface area contributed by atoms with Gasteiger partial charge in [0.2, 0.25) is 0 Å². The van der Waals surface area contributed by atoms with Crippen LogP contribution in [-0.4, -0.2) is 11.3 Å². The molecule has 4 aromatic rings. The molecule has 0 bridgehead atoms. The molecule has 4 aromatic carbocycles. The van der Waals surface area contributed by atoms with Gasteiger partial charge >= 0.3 is 0 Å². The third-order valence-corrected chi connectivity index (χ3v) is 10.3. The standard InChI is InChI=1S/C37H28N2S/c38-23-24-11-9-17-30(36(24)39-33-20-6-3-14-27(33)28-15-4-7-21-34(28)39)25-12-1-2-13-26(25)31-18-10-19-32-29-16-5-8-22-35(29)40-37(31)32/h1-6,8-20,22,28-29,34-35H,7,21H2. The maximum Gasteiger partial charge on any atom is 0.101 e. The van der Waals surface area contributed by atoms with E-state index >= 15 is 0 Å². The zero-order chi connectivity index (χ0) is 26.6. The van der Waals surface area contributed by atoms with Crippen molar-refractivity contribution in [2.24, 2.45) is 0 Å². The molecule has 8 rings (SSSR count). The third-order valence-electron chi connectivity index (χ3n) is 8.92. The number of benzene rings is 4. The third kappa shape index (κ3) is 3.49. The number of hydrogen-bond donors (Lipinski definition) is 0. The second-order valence-corrected chi connectivity index (χ2v) is 12.2. The molecule has 4 unspecified atom stereocenters. The van der Waals surface area contributed by atoms with Crippen molar-refractivity contribution in [1.29, 1.82) is 5.26 Å². The van der Waals surface area contributed by atoms with Gasteiger partial charge in [-0.15, -0.1) is 11.8 Å². The van der Waals surface area contributed by atoms with Crippen LogP contribution in [0.2, 0.25) is 0 Å². The van der Waals surface area contributed by atoms with Crippen LogP contribution in [-0.2, 0) is 0 Å². The summed E-state index contributed by atoms with van der Waals surface area (Å²) in [5, 5.41) is 10.9. The Morgan fingerprint density at radius 3 is 2.33 bits per heavy atom. The molecule has 0 aromatic heterocycles. The van der Waals surface area contributed by atoms with Gasteiger partial charge in [-0.3, -0.25) is 0 Å². The highest BCUT2D eigenvalue weighted by molar-refractivity contribution is 8.00. The Morgan fingerprint density at radius 2 is 1.43 bits per heavy atom. The van der Waals surface area contributed by atoms with Crippen molar-refractivity contribution in [2.45, 2.75) is 40.9 Å². The molecule has 0 saturated heterocycles. The minimum absolute atomic E-state index is 0.307. The van der Waals surface area contributed by atoms with E-state index in [9.17, 15) is 5.26 Å². The molecular weight excluding hydrogens is 504 g/mol. The minimum atomic E-state index is 0.307. The van der Waals surface area contributed by atoms with Crippen molar-refractivity contribution in [3.8, 4) is 28.3 Å². The largest absolute Gasteiger partial charge is 0.336 e. The number of thioether (sulfide) groups is 1. The normalized spacial score (nSPS) is 23.3. The van der Waals surface area contributed by atoms with Crippen LogP contribution in [0.25, 0.3) is 22.3 Å². The molecule has 0 fully saturated rings. The van der Waals surface area contributed by atoms with Gasteiger partial charge in [0.1, 0.15) is 6.07 Å². The van der Waals surface area contributed by atoms with Crippen LogP contribution in [0.15, 0.2) is 126 Å². The van der Waals surface area contributed by atoms with Gasteiger partial charge in [0.15, 0.2) is 0 Å². The van der Waals surface area contributed by atoms with E-state index in [1.54, 1.807) is 0 Å². The Balaban J connectivity index is 1.34. The van der Waals surface area contributed by atoms with Crippen LogP contribution >= 0.6 is 11.8 Å². The maximum atomic E-state index is 10.4. The highest BCUT2D eigenvalue weighted by Gasteiger charge is 2.40. The Hall–Kier alpha value is -4.26. The predicted molar refractivity (Wildman–Crippen MR) is 166 cm³/mol. The zero-order valence-corrected chi connectivity index (χ0v) is 22.9. The number of rotatable bonds is 3. The number of fused-ring (bicyclic) bond motifs is 6. The molecule has 0 amide bonds. The number of nitriles is 1. The zero-order valence-electron chi connectivity index (χ0n) is 22.1. The average molecular weight is 533 g/mol. The highest BCUT2D eigenvalue weighted by atomic mass is 32.2. The van der Waals surface area contributed by atoms with E-state index in [0.29, 0.717) is 23.1 Å². The van der Waals surface area contributed by atoms with Crippen molar-refractivity contribution in [3.05, 3.63) is 138 Å². The lowest BCUT2D eigenvalue weighted by Crippen LogP contribution is -2.31. The van der Waals surface area contributed by atoms with Gasteiger partial charge in [-0.2, -0.15) is 5.26 Å². The maximum absolute atomic E-state index is 10.4. The van der Waals surface area contributed by atoms with Gasteiger partial charge in [-0.1, -0.05) is 109 Å². The number of allylic oxidation sites excluding steroid dienone is 4. The lowest BCUT2D eigenvalue weighted by Gasteiger charge is -2.34. The Kier molecular flexibility index (Phi) is 5.57. The first kappa shape index (κ1) is 23.6. The predicted octanol–water partition coefficient (Wildman–Crippen LogP) is 9.53. The van der Waals surface area contributed by atoms with Gasteiger partial charge in [0, 0.05) is 39.3 Å². The van der Waals surface area contributed by atoms with Gasteiger partial charge in [0.05, 0.1) is 11.3 Å². The molecule has 4 aliphatic rings. The Labute approximate surface area is 240 Å². The summed E-state index contributed by atoms with van der Waals surface area (Å²) in [5.74, 6) is 0.769. The molecule has 192 valence electrons. The van der Waals surface area contributed by atoms with Crippen molar-refractivity contribution in [2.75, 3.05) is 4.90 Å². The van der Waals surface area contributed by atoms with E-state index in [0.717, 1.165) is 29.7 Å². The van der Waals surface area contributed by atoms with Crippen LogP contribution in [0, 0.1) is 11.3 Å². The first-order valence-electron chi connectivity index (χ1n) is 14.2. The van der Waals surface area contributed by atoms with E-state index in [4.69, 9.17) is 0 Å². The Morgan fingerprint density at radius 1 is 0.700 bits per heavy atom. The lowest BCUT2D eigenvalue weighted by molar-refractivity contribution is 0.565. The summed E-state index contributed by atoms with van der Waals surface area (Å²) in [6.45, 7) is 0. The van der Waals surface area contributed by atoms with E-state index in [1.807, 2.05) is 23.9 Å². The average Bonchev–Trinajstić information content (AvgIpc) is 3.57. The number of anilines is 2. The molecule has 3 heteroatoms. The van der Waals surface area contributed by atoms with E-state index < -0.39 is 0 Å². The minimum Gasteiger partial charge on any atom is -0.336 e. The molecule has 0 radical (unpaired) electrons. The van der Waals surface area contributed by atoms with Gasteiger partial charge < -0.3 is 4.90 Å². The lowest BCUT2D eigenvalue weighted by atomic mass is 9.86. The van der Waals surface area contributed by atoms with Crippen molar-refractivity contribution >= 4 is 23.1 Å². The summed E-state index contributed by atoms with van der Waals surface area (Å²) in [4.78, 5) is 3.87. The van der Waals surface area contributed by atoms with Crippen molar-refractivity contribution < 1.29 is 0 Å². The van der Waals surface area contributed by atoms with E-state index in [2.05, 4.69) is 120 Å². The van der Waals surface area contributed by atoms with Gasteiger partial charge in [-0.05, 0) is 52.8 Å². The quantitative estimate of drug-likeness (QED) is 0.246. The second kappa shape index (κ2) is 9.44. The monoisotopic (exact) mass is 532 g/mol. The molecule has 0 spiro atoms. The summed E-state index contributed by atoms with van der Waals surface area (Å²) >= 11 is 1.98. The SMILES string of the molecule is N#Cc1cccc(-c2ccccc2-c2cccc3c2SC2C=CC=CC32)c1N1c2ccccc2C2C=CCCC21. The van der Waals surface area contributed by atoms with E-state index in [1.165, 1.54) is 38.4 Å². The molecule has 2 aliphatic carbocycles. The fourth-order valence-electron chi connectivity index (χ4n) is 7.21.